The summed E-state index contributed by atoms with van der Waals surface area (Å²) in [4.78, 5) is 37.8. The van der Waals surface area contributed by atoms with Crippen LogP contribution in [0.2, 0.25) is 0 Å². The first kappa shape index (κ1) is 16.3. The van der Waals surface area contributed by atoms with Crippen LogP contribution < -0.4 is 5.32 Å². The Bertz CT molecular complexity index is 497. The Morgan fingerprint density at radius 3 is 2.30 bits per heavy atom. The highest BCUT2D eigenvalue weighted by molar-refractivity contribution is 5.89. The van der Waals surface area contributed by atoms with Gasteiger partial charge in [-0.25, -0.2) is 0 Å². The maximum atomic E-state index is 12.6. The van der Waals surface area contributed by atoms with Crippen LogP contribution in [-0.4, -0.2) is 46.9 Å². The lowest BCUT2D eigenvalue weighted by Gasteiger charge is -2.23. The highest BCUT2D eigenvalue weighted by Crippen LogP contribution is 2.44. The van der Waals surface area contributed by atoms with Gasteiger partial charge in [0.05, 0.1) is 5.92 Å². The Morgan fingerprint density at radius 1 is 1.09 bits per heavy atom. The van der Waals surface area contributed by atoms with E-state index in [1.54, 1.807) is 11.8 Å². The summed E-state index contributed by atoms with van der Waals surface area (Å²) in [7, 11) is 0. The minimum absolute atomic E-state index is 0.0314. The summed E-state index contributed by atoms with van der Waals surface area (Å²) in [5.74, 6) is -0.868. The van der Waals surface area contributed by atoms with E-state index < -0.39 is 17.9 Å². The lowest BCUT2D eigenvalue weighted by molar-refractivity contribution is -0.143. The Balaban J connectivity index is 1.56. The molecule has 1 aliphatic heterocycles. The van der Waals surface area contributed by atoms with E-state index in [9.17, 15) is 19.5 Å². The minimum atomic E-state index is -0.806. The van der Waals surface area contributed by atoms with Crippen LogP contribution in [0.1, 0.15) is 45.4 Å². The summed E-state index contributed by atoms with van der Waals surface area (Å²) in [5, 5.41) is 12.2. The average molecular weight is 322 g/mol. The van der Waals surface area contributed by atoms with Gasteiger partial charge in [-0.2, -0.15) is 0 Å². The first-order valence-corrected chi connectivity index (χ1v) is 8.79. The summed E-state index contributed by atoms with van der Waals surface area (Å²) < 4.78 is 0. The lowest BCUT2D eigenvalue weighted by Crippen LogP contribution is -2.47. The maximum absolute atomic E-state index is 12.6. The quantitative estimate of drug-likeness (QED) is 0.797. The van der Waals surface area contributed by atoms with Crippen molar-refractivity contribution in [2.75, 3.05) is 13.1 Å². The van der Waals surface area contributed by atoms with Gasteiger partial charge in [0, 0.05) is 19.0 Å². The van der Waals surface area contributed by atoms with Gasteiger partial charge >= 0.3 is 5.97 Å². The van der Waals surface area contributed by atoms with Crippen LogP contribution in [0.25, 0.3) is 0 Å². The van der Waals surface area contributed by atoms with Crippen LogP contribution in [0, 0.1) is 23.7 Å². The van der Waals surface area contributed by atoms with Crippen LogP contribution in [-0.2, 0) is 14.4 Å². The molecule has 2 aliphatic carbocycles. The van der Waals surface area contributed by atoms with E-state index in [0.29, 0.717) is 12.5 Å². The number of hydrogen-bond acceptors (Lipinski definition) is 3. The zero-order chi connectivity index (χ0) is 16.6. The van der Waals surface area contributed by atoms with Gasteiger partial charge in [0.15, 0.2) is 0 Å². The number of amides is 2. The molecule has 3 aliphatic rings. The molecule has 6 nitrogen and oxygen atoms in total. The SMILES string of the molecule is CC(NC(=O)C1CCCC1)C(=O)N1C[C@H](C(=O)O)[C@@H](C2CC2)C1. The summed E-state index contributed by atoms with van der Waals surface area (Å²) in [5.41, 5.74) is 0. The summed E-state index contributed by atoms with van der Waals surface area (Å²) in [6.45, 7) is 2.50. The van der Waals surface area contributed by atoms with E-state index in [1.807, 2.05) is 0 Å². The molecule has 0 radical (unpaired) electrons. The minimum Gasteiger partial charge on any atom is -0.481 e. The molecule has 0 spiro atoms. The van der Waals surface area contributed by atoms with Crippen LogP contribution in [0.5, 0.6) is 0 Å². The second-order valence-electron chi connectivity index (χ2n) is 7.40. The molecule has 0 bridgehead atoms. The number of rotatable bonds is 5. The zero-order valence-corrected chi connectivity index (χ0v) is 13.7. The number of aliphatic carboxylic acids is 1. The predicted molar refractivity (Wildman–Crippen MR) is 83.5 cm³/mol. The Morgan fingerprint density at radius 2 is 1.74 bits per heavy atom. The highest BCUT2D eigenvalue weighted by Gasteiger charge is 2.47. The van der Waals surface area contributed by atoms with Crippen LogP contribution >= 0.6 is 0 Å². The van der Waals surface area contributed by atoms with Gasteiger partial charge in [0.1, 0.15) is 6.04 Å². The standard InChI is InChI=1S/C17H26N2O4/c1-10(18-15(20)12-4-2-3-5-12)16(21)19-8-13(11-6-7-11)14(9-19)17(22)23/h10-14H,2-9H2,1H3,(H,18,20)(H,22,23)/t10?,13-,14+/m1/s1. The monoisotopic (exact) mass is 322 g/mol. The van der Waals surface area contributed by atoms with Crippen LogP contribution in [0.4, 0.5) is 0 Å². The van der Waals surface area contributed by atoms with Gasteiger partial charge in [0.25, 0.3) is 0 Å². The van der Waals surface area contributed by atoms with E-state index in [1.165, 1.54) is 0 Å². The number of hydrogen-bond donors (Lipinski definition) is 2. The molecule has 1 saturated heterocycles. The van der Waals surface area contributed by atoms with Gasteiger partial charge in [-0.15, -0.1) is 0 Å². The Kier molecular flexibility index (Phi) is 4.60. The third-order valence-electron chi connectivity index (χ3n) is 5.68. The fourth-order valence-electron chi connectivity index (χ4n) is 4.13. The maximum Gasteiger partial charge on any atom is 0.308 e. The molecule has 0 aromatic heterocycles. The molecule has 1 unspecified atom stereocenters. The summed E-state index contributed by atoms with van der Waals surface area (Å²) >= 11 is 0. The normalized spacial score (nSPS) is 29.5. The number of carbonyl (C=O) groups is 3. The summed E-state index contributed by atoms with van der Waals surface area (Å²) in [6, 6.07) is -0.574. The van der Waals surface area contributed by atoms with Crippen molar-refractivity contribution in [2.24, 2.45) is 23.7 Å². The Hall–Kier alpha value is -1.59. The smallest absolute Gasteiger partial charge is 0.308 e. The van der Waals surface area contributed by atoms with Crippen molar-refractivity contribution >= 4 is 17.8 Å². The van der Waals surface area contributed by atoms with Gasteiger partial charge in [-0.3, -0.25) is 14.4 Å². The number of nitrogens with one attached hydrogen (secondary N) is 1. The fraction of sp³-hybridized carbons (Fsp3) is 0.824. The van der Waals surface area contributed by atoms with Crippen molar-refractivity contribution in [3.05, 3.63) is 0 Å². The van der Waals surface area contributed by atoms with Crippen molar-refractivity contribution in [3.8, 4) is 0 Å². The van der Waals surface area contributed by atoms with Crippen molar-refractivity contribution in [3.63, 3.8) is 0 Å². The predicted octanol–water partition coefficient (Wildman–Crippen LogP) is 1.25. The second-order valence-corrected chi connectivity index (χ2v) is 7.40. The van der Waals surface area contributed by atoms with E-state index >= 15 is 0 Å². The fourth-order valence-corrected chi connectivity index (χ4v) is 4.13. The number of carbonyl (C=O) groups excluding carboxylic acids is 2. The molecule has 0 aromatic rings. The average Bonchev–Trinajstić information content (AvgIpc) is 3.05. The molecule has 2 N–H and O–H groups in total. The number of carboxylic acid groups (broad SMARTS) is 1. The second kappa shape index (κ2) is 6.49. The van der Waals surface area contributed by atoms with Crippen molar-refractivity contribution in [1.29, 1.82) is 0 Å². The van der Waals surface area contributed by atoms with Crippen molar-refractivity contribution in [2.45, 2.75) is 51.5 Å². The molecule has 3 fully saturated rings. The Labute approximate surface area is 136 Å². The molecular formula is C17H26N2O4. The largest absolute Gasteiger partial charge is 0.481 e. The molecular weight excluding hydrogens is 296 g/mol. The molecule has 23 heavy (non-hydrogen) atoms. The molecule has 128 valence electrons. The van der Waals surface area contributed by atoms with Crippen LogP contribution in [0.15, 0.2) is 0 Å². The first-order valence-electron chi connectivity index (χ1n) is 8.79. The number of nitrogens with zero attached hydrogens (tertiary/aromatic N) is 1. The van der Waals surface area contributed by atoms with Crippen LogP contribution in [0.3, 0.4) is 0 Å². The molecule has 2 amide bonds. The molecule has 1 heterocycles. The van der Waals surface area contributed by atoms with Gasteiger partial charge < -0.3 is 15.3 Å². The molecule has 3 atom stereocenters. The molecule has 3 rings (SSSR count). The first-order chi connectivity index (χ1) is 11.0. The van der Waals surface area contributed by atoms with E-state index in [0.717, 1.165) is 38.5 Å². The van der Waals surface area contributed by atoms with Crippen molar-refractivity contribution < 1.29 is 19.5 Å². The summed E-state index contributed by atoms with van der Waals surface area (Å²) in [6.07, 6.45) is 6.11. The molecule has 6 heteroatoms. The molecule has 0 aromatic carbocycles. The van der Waals surface area contributed by atoms with Gasteiger partial charge in [-0.05, 0) is 44.4 Å². The van der Waals surface area contributed by atoms with Gasteiger partial charge in [-0.1, -0.05) is 12.8 Å². The van der Waals surface area contributed by atoms with E-state index in [-0.39, 0.29) is 30.2 Å². The zero-order valence-electron chi connectivity index (χ0n) is 13.7. The number of likely N-dealkylation sites (tertiary alicyclic amines) is 1. The third-order valence-corrected chi connectivity index (χ3v) is 5.68. The van der Waals surface area contributed by atoms with Crippen molar-refractivity contribution in [1.82, 2.24) is 10.2 Å². The highest BCUT2D eigenvalue weighted by atomic mass is 16.4. The lowest BCUT2D eigenvalue weighted by atomic mass is 9.92. The van der Waals surface area contributed by atoms with E-state index in [4.69, 9.17) is 0 Å². The third kappa shape index (κ3) is 3.51. The molecule has 2 saturated carbocycles. The van der Waals surface area contributed by atoms with E-state index in [2.05, 4.69) is 5.32 Å². The topological polar surface area (TPSA) is 86.7 Å². The van der Waals surface area contributed by atoms with Gasteiger partial charge in [0.2, 0.25) is 11.8 Å². The number of carboxylic acids is 1.